The van der Waals surface area contributed by atoms with E-state index in [0.29, 0.717) is 19.3 Å². The van der Waals surface area contributed by atoms with Crippen LogP contribution in [0.4, 0.5) is 0 Å². The Kier molecular flexibility index (Phi) is 2.26. The highest BCUT2D eigenvalue weighted by atomic mass is 16.2. The summed E-state index contributed by atoms with van der Waals surface area (Å²) in [7, 11) is 0. The van der Waals surface area contributed by atoms with E-state index >= 15 is 0 Å². The van der Waals surface area contributed by atoms with E-state index < -0.39 is 0 Å². The summed E-state index contributed by atoms with van der Waals surface area (Å²) in [6.45, 7) is 0. The van der Waals surface area contributed by atoms with E-state index in [-0.39, 0.29) is 17.7 Å². The minimum atomic E-state index is -0.204. The SMILES string of the molecule is O=C1CCC(Cc2c[nH]nn2)C(=O)N1. The lowest BCUT2D eigenvalue weighted by Gasteiger charge is -2.19. The molecule has 0 saturated carbocycles. The topological polar surface area (TPSA) is 87.7 Å². The number of carbonyl (C=O) groups is 2. The van der Waals surface area contributed by atoms with E-state index in [1.165, 1.54) is 0 Å². The summed E-state index contributed by atoms with van der Waals surface area (Å²) in [5.74, 6) is -0.548. The van der Waals surface area contributed by atoms with Gasteiger partial charge >= 0.3 is 0 Å². The van der Waals surface area contributed by atoms with Crippen molar-refractivity contribution in [3.63, 3.8) is 0 Å². The molecule has 2 amide bonds. The van der Waals surface area contributed by atoms with Crippen LogP contribution in [0.2, 0.25) is 0 Å². The maximum absolute atomic E-state index is 11.3. The molecule has 0 aromatic carbocycles. The first-order valence-electron chi connectivity index (χ1n) is 4.45. The van der Waals surface area contributed by atoms with Crippen LogP contribution in [-0.2, 0) is 16.0 Å². The van der Waals surface area contributed by atoms with Gasteiger partial charge in [-0.1, -0.05) is 5.21 Å². The third kappa shape index (κ3) is 1.78. The third-order valence-corrected chi connectivity index (χ3v) is 2.28. The highest BCUT2D eigenvalue weighted by Gasteiger charge is 2.27. The fourth-order valence-electron chi connectivity index (χ4n) is 1.51. The first-order valence-corrected chi connectivity index (χ1v) is 4.45. The van der Waals surface area contributed by atoms with Crippen LogP contribution >= 0.6 is 0 Å². The van der Waals surface area contributed by atoms with Crippen molar-refractivity contribution >= 4 is 11.8 Å². The highest BCUT2D eigenvalue weighted by Crippen LogP contribution is 2.16. The van der Waals surface area contributed by atoms with E-state index in [2.05, 4.69) is 20.7 Å². The number of nitrogens with one attached hydrogen (secondary N) is 2. The Morgan fingerprint density at radius 1 is 1.50 bits per heavy atom. The number of imide groups is 1. The van der Waals surface area contributed by atoms with Crippen molar-refractivity contribution in [2.45, 2.75) is 19.3 Å². The van der Waals surface area contributed by atoms with Gasteiger partial charge in [0.15, 0.2) is 0 Å². The van der Waals surface area contributed by atoms with E-state index in [4.69, 9.17) is 0 Å². The maximum Gasteiger partial charge on any atom is 0.230 e. The molecule has 6 nitrogen and oxygen atoms in total. The molecule has 1 aromatic heterocycles. The first-order chi connectivity index (χ1) is 6.75. The number of nitrogens with zero attached hydrogens (tertiary/aromatic N) is 2. The Balaban J connectivity index is 1.99. The van der Waals surface area contributed by atoms with Crippen molar-refractivity contribution < 1.29 is 9.59 Å². The Morgan fingerprint density at radius 2 is 2.36 bits per heavy atom. The molecule has 1 aliphatic heterocycles. The molecule has 0 aliphatic carbocycles. The molecule has 2 heterocycles. The minimum Gasteiger partial charge on any atom is -0.296 e. The van der Waals surface area contributed by atoms with Gasteiger partial charge in [-0.3, -0.25) is 20.0 Å². The van der Waals surface area contributed by atoms with Gasteiger partial charge in [0.2, 0.25) is 11.8 Å². The molecular formula is C8H10N4O2. The molecule has 14 heavy (non-hydrogen) atoms. The van der Waals surface area contributed by atoms with Gasteiger partial charge in [0.25, 0.3) is 0 Å². The first kappa shape index (κ1) is 8.86. The van der Waals surface area contributed by atoms with Crippen molar-refractivity contribution in [2.75, 3.05) is 0 Å². The lowest BCUT2D eigenvalue weighted by atomic mass is 9.94. The largest absolute Gasteiger partial charge is 0.296 e. The van der Waals surface area contributed by atoms with Crippen LogP contribution in [0.1, 0.15) is 18.5 Å². The van der Waals surface area contributed by atoms with Gasteiger partial charge in [-0.15, -0.1) is 5.10 Å². The molecule has 2 rings (SSSR count). The maximum atomic E-state index is 11.3. The van der Waals surface area contributed by atoms with Crippen LogP contribution in [-0.4, -0.2) is 27.2 Å². The van der Waals surface area contributed by atoms with Crippen LogP contribution < -0.4 is 5.32 Å². The standard InChI is InChI=1S/C8H10N4O2/c13-7-2-1-5(8(14)10-7)3-6-4-9-12-11-6/h4-5H,1-3H2,(H,9,11,12)(H,10,13,14). The molecule has 1 atom stereocenters. The number of rotatable bonds is 2. The zero-order valence-electron chi connectivity index (χ0n) is 7.49. The molecule has 2 N–H and O–H groups in total. The number of aromatic amines is 1. The van der Waals surface area contributed by atoms with Crippen molar-refractivity contribution in [3.8, 4) is 0 Å². The average molecular weight is 194 g/mol. The van der Waals surface area contributed by atoms with E-state index in [1.807, 2.05) is 0 Å². The summed E-state index contributed by atoms with van der Waals surface area (Å²) in [4.78, 5) is 22.2. The smallest absolute Gasteiger partial charge is 0.230 e. The number of piperidine rings is 1. The Labute approximate surface area is 80.1 Å². The second-order valence-electron chi connectivity index (χ2n) is 3.32. The molecule has 74 valence electrons. The minimum absolute atomic E-state index is 0.155. The molecule has 1 aliphatic rings. The lowest BCUT2D eigenvalue weighted by Crippen LogP contribution is -2.41. The van der Waals surface area contributed by atoms with E-state index in [1.54, 1.807) is 6.20 Å². The van der Waals surface area contributed by atoms with Gasteiger partial charge in [0.05, 0.1) is 5.69 Å². The Hall–Kier alpha value is -1.72. The zero-order valence-corrected chi connectivity index (χ0v) is 7.49. The molecule has 0 spiro atoms. The van der Waals surface area contributed by atoms with Crippen LogP contribution in [0.25, 0.3) is 0 Å². The predicted molar refractivity (Wildman–Crippen MR) is 46.0 cm³/mol. The number of aromatic nitrogens is 3. The summed E-state index contributed by atoms with van der Waals surface area (Å²) in [6.07, 6.45) is 3.20. The predicted octanol–water partition coefficient (Wildman–Crippen LogP) is -0.600. The van der Waals surface area contributed by atoms with Gasteiger partial charge < -0.3 is 0 Å². The molecule has 0 radical (unpaired) electrons. The fraction of sp³-hybridized carbons (Fsp3) is 0.500. The molecule has 1 saturated heterocycles. The Morgan fingerprint density at radius 3 is 3.00 bits per heavy atom. The lowest BCUT2D eigenvalue weighted by molar-refractivity contribution is -0.136. The van der Waals surface area contributed by atoms with Crippen LogP contribution in [0.15, 0.2) is 6.20 Å². The van der Waals surface area contributed by atoms with Crippen LogP contribution in [0, 0.1) is 5.92 Å². The van der Waals surface area contributed by atoms with Crippen molar-refractivity contribution in [2.24, 2.45) is 5.92 Å². The molecular weight excluding hydrogens is 184 g/mol. The van der Waals surface area contributed by atoms with Gasteiger partial charge in [-0.05, 0) is 6.42 Å². The van der Waals surface area contributed by atoms with Gasteiger partial charge in [0.1, 0.15) is 0 Å². The third-order valence-electron chi connectivity index (χ3n) is 2.28. The number of carbonyl (C=O) groups excluding carboxylic acids is 2. The normalized spacial score (nSPS) is 22.1. The van der Waals surface area contributed by atoms with E-state index in [0.717, 1.165) is 5.69 Å². The number of hydrogen-bond donors (Lipinski definition) is 2. The summed E-state index contributed by atoms with van der Waals surface area (Å²) >= 11 is 0. The van der Waals surface area contributed by atoms with Crippen LogP contribution in [0.3, 0.4) is 0 Å². The average Bonchev–Trinajstić information content (AvgIpc) is 2.62. The molecule has 6 heteroatoms. The number of hydrogen-bond acceptors (Lipinski definition) is 4. The summed E-state index contributed by atoms with van der Waals surface area (Å²) in [6, 6.07) is 0. The second kappa shape index (κ2) is 3.57. The van der Waals surface area contributed by atoms with Crippen molar-refractivity contribution in [1.82, 2.24) is 20.7 Å². The van der Waals surface area contributed by atoms with Gasteiger partial charge in [0, 0.05) is 25.0 Å². The highest BCUT2D eigenvalue weighted by molar-refractivity contribution is 5.98. The molecule has 1 unspecified atom stereocenters. The monoisotopic (exact) mass is 194 g/mol. The summed E-state index contributed by atoms with van der Waals surface area (Å²) in [5.41, 5.74) is 0.750. The summed E-state index contributed by atoms with van der Waals surface area (Å²) in [5, 5.41) is 12.2. The Bertz CT molecular complexity index is 346. The van der Waals surface area contributed by atoms with Gasteiger partial charge in [-0.25, -0.2) is 0 Å². The van der Waals surface area contributed by atoms with Crippen molar-refractivity contribution in [3.05, 3.63) is 11.9 Å². The zero-order chi connectivity index (χ0) is 9.97. The number of H-pyrrole nitrogens is 1. The van der Waals surface area contributed by atoms with E-state index in [9.17, 15) is 9.59 Å². The fourth-order valence-corrected chi connectivity index (χ4v) is 1.51. The van der Waals surface area contributed by atoms with Crippen molar-refractivity contribution in [1.29, 1.82) is 0 Å². The molecule has 0 bridgehead atoms. The second-order valence-corrected chi connectivity index (χ2v) is 3.32. The quantitative estimate of drug-likeness (QED) is 0.615. The van der Waals surface area contributed by atoms with Crippen LogP contribution in [0.5, 0.6) is 0 Å². The summed E-state index contributed by atoms with van der Waals surface area (Å²) < 4.78 is 0. The van der Waals surface area contributed by atoms with Gasteiger partial charge in [-0.2, -0.15) is 0 Å². The number of amides is 2. The molecule has 1 aromatic rings. The molecule has 1 fully saturated rings.